The molecule has 0 spiro atoms. The second-order valence-electron chi connectivity index (χ2n) is 7.85. The van der Waals surface area contributed by atoms with Gasteiger partial charge in [0.2, 0.25) is 5.91 Å². The van der Waals surface area contributed by atoms with Gasteiger partial charge < -0.3 is 20.9 Å². The van der Waals surface area contributed by atoms with Gasteiger partial charge in [-0.3, -0.25) is 9.59 Å². The van der Waals surface area contributed by atoms with Gasteiger partial charge in [-0.1, -0.05) is 91.0 Å². The van der Waals surface area contributed by atoms with Crippen molar-refractivity contribution in [3.63, 3.8) is 0 Å². The van der Waals surface area contributed by atoms with E-state index in [0.717, 1.165) is 22.9 Å². The summed E-state index contributed by atoms with van der Waals surface area (Å²) in [4.78, 5) is 41.0. The van der Waals surface area contributed by atoms with Crippen molar-refractivity contribution in [2.75, 3.05) is 0 Å². The molecule has 3 aromatic rings. The number of ketones is 1. The van der Waals surface area contributed by atoms with Gasteiger partial charge in [-0.2, -0.15) is 4.79 Å². The van der Waals surface area contributed by atoms with Gasteiger partial charge in [0.25, 0.3) is 5.78 Å². The predicted octanol–water partition coefficient (Wildman–Crippen LogP) is 3.12. The zero-order chi connectivity index (χ0) is 24.9. The van der Waals surface area contributed by atoms with Gasteiger partial charge in [0, 0.05) is 12.8 Å². The van der Waals surface area contributed by atoms with Gasteiger partial charge >= 0.3 is 12.3 Å². The van der Waals surface area contributed by atoms with Gasteiger partial charge in [0.05, 0.1) is 0 Å². The van der Waals surface area contributed by atoms with E-state index in [2.05, 4.69) is 15.4 Å². The van der Waals surface area contributed by atoms with Gasteiger partial charge in [0.1, 0.15) is 18.7 Å². The van der Waals surface area contributed by atoms with Crippen LogP contribution in [0.5, 0.6) is 0 Å². The number of carbonyl (C=O) groups is 3. The molecule has 0 radical (unpaired) electrons. The summed E-state index contributed by atoms with van der Waals surface area (Å²) in [6.07, 6.45) is 0.371. The Hall–Kier alpha value is -4.55. The first kappa shape index (κ1) is 25.1. The van der Waals surface area contributed by atoms with Crippen LogP contribution in [0.3, 0.4) is 0 Å². The smallest absolute Gasteiger partial charge is 0.408 e. The van der Waals surface area contributed by atoms with Crippen LogP contribution in [0.25, 0.3) is 5.53 Å². The molecule has 2 amide bonds. The third-order valence-corrected chi connectivity index (χ3v) is 5.23. The number of hydrogen-bond acceptors (Lipinski definition) is 4. The fraction of sp³-hybridized carbons (Fsp3) is 0.185. The van der Waals surface area contributed by atoms with Crippen LogP contribution in [0, 0.1) is 0 Å². The number of nitrogens with one attached hydrogen (secondary N) is 2. The van der Waals surface area contributed by atoms with Gasteiger partial charge in [-0.15, -0.1) is 0 Å². The SMILES string of the molecule is [N-]=[N+]=CC(=O)[C@@H](Cc1ccccc1)NC(=O)[C@H](Cc1ccccc1)NC(=O)OCc1ccccc1. The first-order chi connectivity index (χ1) is 17.0. The molecule has 0 saturated heterocycles. The summed E-state index contributed by atoms with van der Waals surface area (Å²) in [6.45, 7) is 0.0500. The maximum absolute atomic E-state index is 13.2. The third kappa shape index (κ3) is 8.38. The fourth-order valence-corrected chi connectivity index (χ4v) is 3.46. The minimum absolute atomic E-state index is 0.0500. The Morgan fingerprint density at radius 3 is 1.74 bits per heavy atom. The number of carbonyl (C=O) groups excluding carboxylic acids is 3. The summed E-state index contributed by atoms with van der Waals surface area (Å²) in [6, 6.07) is 25.5. The zero-order valence-corrected chi connectivity index (χ0v) is 19.0. The van der Waals surface area contributed by atoms with Crippen LogP contribution in [0.4, 0.5) is 4.79 Å². The van der Waals surface area contributed by atoms with E-state index in [1.54, 1.807) is 0 Å². The molecule has 35 heavy (non-hydrogen) atoms. The van der Waals surface area contributed by atoms with E-state index in [9.17, 15) is 14.4 Å². The molecule has 0 heterocycles. The topological polar surface area (TPSA) is 121 Å². The highest BCUT2D eigenvalue weighted by molar-refractivity contribution is 6.28. The van der Waals surface area contributed by atoms with E-state index >= 15 is 0 Å². The average molecular weight is 471 g/mol. The number of nitrogens with zero attached hydrogens (tertiary/aromatic N) is 2. The normalized spacial score (nSPS) is 11.9. The molecule has 8 heteroatoms. The van der Waals surface area contributed by atoms with Crippen molar-refractivity contribution in [2.45, 2.75) is 31.5 Å². The van der Waals surface area contributed by atoms with Gasteiger partial charge in [-0.05, 0) is 16.7 Å². The molecule has 0 aromatic heterocycles. The Morgan fingerprint density at radius 1 is 0.743 bits per heavy atom. The largest absolute Gasteiger partial charge is 0.445 e. The van der Waals surface area contributed by atoms with E-state index in [1.165, 1.54) is 0 Å². The monoisotopic (exact) mass is 470 g/mol. The Morgan fingerprint density at radius 2 is 1.23 bits per heavy atom. The van der Waals surface area contributed by atoms with E-state index < -0.39 is 29.9 Å². The van der Waals surface area contributed by atoms with E-state index in [4.69, 9.17) is 10.3 Å². The average Bonchev–Trinajstić information content (AvgIpc) is 2.88. The lowest BCUT2D eigenvalue weighted by atomic mass is 10.0. The zero-order valence-electron chi connectivity index (χ0n) is 19.0. The third-order valence-electron chi connectivity index (χ3n) is 5.23. The van der Waals surface area contributed by atoms with Crippen LogP contribution in [-0.2, 0) is 33.8 Å². The minimum atomic E-state index is -1.00. The molecule has 0 aliphatic rings. The molecule has 0 aliphatic heterocycles. The van der Waals surface area contributed by atoms with Gasteiger partial charge in [0.15, 0.2) is 0 Å². The summed E-state index contributed by atoms with van der Waals surface area (Å²) in [5, 5.41) is 5.30. The Balaban J connectivity index is 1.73. The molecular weight excluding hydrogens is 444 g/mol. The Bertz CT molecular complexity index is 1160. The summed E-state index contributed by atoms with van der Waals surface area (Å²) >= 11 is 0. The molecule has 0 aliphatic carbocycles. The molecule has 178 valence electrons. The molecule has 3 rings (SSSR count). The van der Waals surface area contributed by atoms with Crippen molar-refractivity contribution >= 4 is 24.0 Å². The summed E-state index contributed by atoms with van der Waals surface area (Å²) < 4.78 is 5.28. The number of benzene rings is 3. The highest BCUT2D eigenvalue weighted by atomic mass is 16.5. The lowest BCUT2D eigenvalue weighted by molar-refractivity contribution is -0.127. The van der Waals surface area contributed by atoms with Crippen molar-refractivity contribution in [3.05, 3.63) is 113 Å². The molecule has 8 nitrogen and oxygen atoms in total. The number of ether oxygens (including phenoxy) is 1. The van der Waals surface area contributed by atoms with Crippen molar-refractivity contribution in [3.8, 4) is 0 Å². The van der Waals surface area contributed by atoms with Crippen molar-refractivity contribution in [1.82, 2.24) is 10.6 Å². The van der Waals surface area contributed by atoms with Crippen molar-refractivity contribution in [1.29, 1.82) is 0 Å². The second kappa shape index (κ2) is 13.2. The molecular formula is C27H26N4O4. The van der Waals surface area contributed by atoms with Crippen molar-refractivity contribution in [2.24, 2.45) is 0 Å². The maximum Gasteiger partial charge on any atom is 0.408 e. The van der Waals surface area contributed by atoms with Crippen LogP contribution >= 0.6 is 0 Å². The highest BCUT2D eigenvalue weighted by Crippen LogP contribution is 2.08. The maximum atomic E-state index is 13.2. The molecule has 0 saturated carbocycles. The standard InChI is InChI=1S/C27H26N4O4/c28-29-18-25(32)23(16-20-10-4-1-5-11-20)30-26(33)24(17-21-12-6-2-7-13-21)31-27(34)35-19-22-14-8-3-9-15-22/h1-15,18,23-24H,16-17,19H2,(H,30,33)(H,31,34)/t23-,24+/m1/s1. The van der Waals surface area contributed by atoms with Crippen LogP contribution in [-0.4, -0.2) is 40.9 Å². The molecule has 0 unspecified atom stereocenters. The molecule has 2 N–H and O–H groups in total. The van der Waals surface area contributed by atoms with E-state index in [1.807, 2.05) is 91.0 Å². The predicted molar refractivity (Wildman–Crippen MR) is 130 cm³/mol. The summed E-state index contributed by atoms with van der Waals surface area (Å²) in [5.74, 6) is -1.14. The van der Waals surface area contributed by atoms with E-state index in [-0.39, 0.29) is 19.4 Å². The fourth-order valence-electron chi connectivity index (χ4n) is 3.46. The minimum Gasteiger partial charge on any atom is -0.445 e. The van der Waals surface area contributed by atoms with Crippen LogP contribution < -0.4 is 10.6 Å². The molecule has 0 fully saturated rings. The number of Topliss-reactive ketones (excluding diaryl/α,β-unsaturated/α-hetero) is 1. The molecule has 3 aromatic carbocycles. The Kier molecular flexibility index (Phi) is 9.48. The molecule has 2 atom stereocenters. The lowest BCUT2D eigenvalue weighted by Crippen LogP contribution is -2.53. The quantitative estimate of drug-likeness (QED) is 0.254. The summed E-state index contributed by atoms with van der Waals surface area (Å²) in [7, 11) is 0. The van der Waals surface area contributed by atoms with Gasteiger partial charge in [-0.25, -0.2) is 4.79 Å². The van der Waals surface area contributed by atoms with Crippen LogP contribution in [0.1, 0.15) is 16.7 Å². The first-order valence-corrected chi connectivity index (χ1v) is 11.1. The first-order valence-electron chi connectivity index (χ1n) is 11.1. The molecule has 0 bridgehead atoms. The lowest BCUT2D eigenvalue weighted by Gasteiger charge is -2.22. The summed E-state index contributed by atoms with van der Waals surface area (Å²) in [5.41, 5.74) is 11.3. The number of rotatable bonds is 11. The van der Waals surface area contributed by atoms with Crippen LogP contribution in [0.2, 0.25) is 0 Å². The number of hydrogen-bond donors (Lipinski definition) is 2. The van der Waals surface area contributed by atoms with Crippen LogP contribution in [0.15, 0.2) is 91.0 Å². The number of alkyl carbamates (subject to hydrolysis) is 1. The number of amides is 2. The second-order valence-corrected chi connectivity index (χ2v) is 7.85. The van der Waals surface area contributed by atoms with Crippen molar-refractivity contribution < 1.29 is 23.9 Å². The highest BCUT2D eigenvalue weighted by Gasteiger charge is 2.28. The Labute approximate surface area is 203 Å². The van der Waals surface area contributed by atoms with E-state index in [0.29, 0.717) is 0 Å².